The van der Waals surface area contributed by atoms with Gasteiger partial charge in [-0.1, -0.05) is 27.7 Å². The second kappa shape index (κ2) is 5.42. The lowest BCUT2D eigenvalue weighted by Gasteiger charge is -2.03. The van der Waals surface area contributed by atoms with Crippen LogP contribution in [0.5, 0.6) is 5.75 Å². The molecule has 0 heterocycles. The molecule has 0 atom stereocenters. The van der Waals surface area contributed by atoms with Crippen LogP contribution in [0.15, 0.2) is 56.7 Å². The van der Waals surface area contributed by atoms with Crippen LogP contribution < -0.4 is 0 Å². The number of hydrogen-bond donors (Lipinski definition) is 1. The molecule has 0 aliphatic heterocycles. The van der Waals surface area contributed by atoms with Crippen molar-refractivity contribution in [1.29, 1.82) is 0 Å². The third kappa shape index (κ3) is 3.15. The average Bonchev–Trinajstić information content (AvgIpc) is 2.27. The van der Waals surface area contributed by atoms with Gasteiger partial charge in [-0.15, -0.1) is 0 Å². The zero-order valence-corrected chi connectivity index (χ0v) is 12.7. The van der Waals surface area contributed by atoms with Gasteiger partial charge in [-0.05, 0) is 65.1 Å². The fourth-order valence-electron chi connectivity index (χ4n) is 1.19. The van der Waals surface area contributed by atoms with Gasteiger partial charge in [-0.25, -0.2) is 0 Å². The van der Waals surface area contributed by atoms with Gasteiger partial charge >= 0.3 is 0 Å². The van der Waals surface area contributed by atoms with Crippen LogP contribution >= 0.6 is 50.3 Å². The Balaban J connectivity index is 2.20. The molecule has 2 rings (SSSR count). The molecule has 0 bridgehead atoms. The van der Waals surface area contributed by atoms with E-state index in [1.807, 2.05) is 24.3 Å². The van der Waals surface area contributed by atoms with Crippen LogP contribution in [0.1, 0.15) is 0 Å². The van der Waals surface area contributed by atoms with Crippen molar-refractivity contribution < 1.29 is 5.11 Å². The van der Waals surface area contributed by atoms with Crippen molar-refractivity contribution >= 4 is 50.3 Å². The first kappa shape index (κ1) is 12.3. The Morgan fingerprint density at radius 2 is 1.62 bits per heavy atom. The van der Waals surface area contributed by atoms with Crippen LogP contribution in [-0.4, -0.2) is 5.11 Å². The van der Waals surface area contributed by atoms with Crippen molar-refractivity contribution in [2.45, 2.75) is 9.79 Å². The summed E-state index contributed by atoms with van der Waals surface area (Å²) < 4.78 is 1.96. The van der Waals surface area contributed by atoms with Crippen molar-refractivity contribution in [3.05, 3.63) is 50.5 Å². The molecule has 1 N–H and O–H groups in total. The van der Waals surface area contributed by atoms with Crippen molar-refractivity contribution in [2.24, 2.45) is 0 Å². The first-order valence-electron chi connectivity index (χ1n) is 4.57. The molecule has 0 spiro atoms. The Morgan fingerprint density at radius 1 is 1.00 bits per heavy atom. The van der Waals surface area contributed by atoms with E-state index >= 15 is 0 Å². The van der Waals surface area contributed by atoms with Gasteiger partial charge in [0.2, 0.25) is 0 Å². The molecule has 0 aromatic heterocycles. The number of phenols is 1. The largest absolute Gasteiger partial charge is 0.507 e. The van der Waals surface area contributed by atoms with E-state index in [2.05, 4.69) is 50.7 Å². The fraction of sp³-hybridized carbons (Fsp3) is 0. The first-order valence-corrected chi connectivity index (χ1v) is 7.26. The number of benzene rings is 2. The van der Waals surface area contributed by atoms with Crippen molar-refractivity contribution in [3.8, 4) is 5.75 Å². The molecular weight excluding hydrogens is 399 g/mol. The van der Waals surface area contributed by atoms with E-state index in [-0.39, 0.29) is 0 Å². The fourth-order valence-corrected chi connectivity index (χ4v) is 3.04. The lowest BCUT2D eigenvalue weighted by molar-refractivity contribution is 0.471. The highest BCUT2D eigenvalue weighted by atomic mass is 127. The van der Waals surface area contributed by atoms with E-state index in [1.54, 1.807) is 17.8 Å². The second-order valence-electron chi connectivity index (χ2n) is 3.17. The SMILES string of the molecule is Oc1ccc(Sc2ccc(Br)cc2)cc1I. The lowest BCUT2D eigenvalue weighted by atomic mass is 10.3. The predicted molar refractivity (Wildman–Crippen MR) is 79.1 cm³/mol. The molecule has 0 saturated carbocycles. The lowest BCUT2D eigenvalue weighted by Crippen LogP contribution is -1.77. The highest BCUT2D eigenvalue weighted by molar-refractivity contribution is 14.1. The molecule has 1 nitrogen and oxygen atoms in total. The van der Waals surface area contributed by atoms with Gasteiger partial charge in [0, 0.05) is 14.3 Å². The molecule has 2 aromatic rings. The predicted octanol–water partition coefficient (Wildman–Crippen LogP) is 4.91. The molecule has 0 amide bonds. The number of aromatic hydroxyl groups is 1. The molecule has 0 saturated heterocycles. The van der Waals surface area contributed by atoms with Crippen LogP contribution in [0.25, 0.3) is 0 Å². The minimum absolute atomic E-state index is 0.334. The van der Waals surface area contributed by atoms with E-state index in [1.165, 1.54) is 4.90 Å². The summed E-state index contributed by atoms with van der Waals surface area (Å²) in [5.41, 5.74) is 0. The van der Waals surface area contributed by atoms with E-state index in [0.717, 1.165) is 12.9 Å². The minimum Gasteiger partial charge on any atom is -0.507 e. The number of phenolic OH excluding ortho intramolecular Hbond substituents is 1. The summed E-state index contributed by atoms with van der Waals surface area (Å²) in [5.74, 6) is 0.334. The van der Waals surface area contributed by atoms with Gasteiger partial charge in [0.1, 0.15) is 5.75 Å². The quantitative estimate of drug-likeness (QED) is 0.715. The summed E-state index contributed by atoms with van der Waals surface area (Å²) in [6, 6.07) is 13.8. The zero-order chi connectivity index (χ0) is 11.5. The van der Waals surface area contributed by atoms with Gasteiger partial charge in [0.25, 0.3) is 0 Å². The third-order valence-corrected chi connectivity index (χ3v) is 4.36. The molecule has 82 valence electrons. The van der Waals surface area contributed by atoms with Crippen LogP contribution in [0.4, 0.5) is 0 Å². The van der Waals surface area contributed by atoms with E-state index in [9.17, 15) is 5.11 Å². The molecule has 0 aliphatic rings. The second-order valence-corrected chi connectivity index (χ2v) is 6.39. The molecule has 0 radical (unpaired) electrons. The van der Waals surface area contributed by atoms with Gasteiger partial charge in [-0.3, -0.25) is 0 Å². The molecular formula is C12H8BrIOS. The van der Waals surface area contributed by atoms with E-state index < -0.39 is 0 Å². The summed E-state index contributed by atoms with van der Waals surface area (Å²) in [7, 11) is 0. The molecule has 16 heavy (non-hydrogen) atoms. The normalized spacial score (nSPS) is 10.4. The van der Waals surface area contributed by atoms with Crippen LogP contribution in [0.3, 0.4) is 0 Å². The van der Waals surface area contributed by atoms with Gasteiger partial charge < -0.3 is 5.11 Å². The summed E-state index contributed by atoms with van der Waals surface area (Å²) in [4.78, 5) is 2.31. The maximum absolute atomic E-state index is 9.42. The Labute approximate surface area is 121 Å². The Kier molecular flexibility index (Phi) is 4.16. The summed E-state index contributed by atoms with van der Waals surface area (Å²) in [5, 5.41) is 9.42. The average molecular weight is 407 g/mol. The highest BCUT2D eigenvalue weighted by Gasteiger charge is 2.01. The van der Waals surface area contributed by atoms with Crippen LogP contribution in [-0.2, 0) is 0 Å². The molecule has 0 aliphatic carbocycles. The van der Waals surface area contributed by atoms with Crippen molar-refractivity contribution in [2.75, 3.05) is 0 Å². The molecule has 0 unspecified atom stereocenters. The Hall–Kier alpha value is -0.200. The first-order chi connectivity index (χ1) is 7.65. The molecule has 0 fully saturated rings. The minimum atomic E-state index is 0.334. The smallest absolute Gasteiger partial charge is 0.128 e. The third-order valence-electron chi connectivity index (χ3n) is 1.97. The van der Waals surface area contributed by atoms with Crippen LogP contribution in [0.2, 0.25) is 0 Å². The van der Waals surface area contributed by atoms with E-state index in [0.29, 0.717) is 5.75 Å². The topological polar surface area (TPSA) is 20.2 Å². The number of rotatable bonds is 2. The summed E-state index contributed by atoms with van der Waals surface area (Å²) >= 11 is 7.22. The Morgan fingerprint density at radius 3 is 2.25 bits per heavy atom. The van der Waals surface area contributed by atoms with Crippen molar-refractivity contribution in [3.63, 3.8) is 0 Å². The van der Waals surface area contributed by atoms with Gasteiger partial charge in [0.15, 0.2) is 0 Å². The highest BCUT2D eigenvalue weighted by Crippen LogP contribution is 2.32. The summed E-state index contributed by atoms with van der Waals surface area (Å²) in [6.45, 7) is 0. The maximum Gasteiger partial charge on any atom is 0.128 e. The van der Waals surface area contributed by atoms with E-state index in [4.69, 9.17) is 0 Å². The van der Waals surface area contributed by atoms with Gasteiger partial charge in [-0.2, -0.15) is 0 Å². The van der Waals surface area contributed by atoms with Gasteiger partial charge in [0.05, 0.1) is 3.57 Å². The number of halogens is 2. The standard InChI is InChI=1S/C12H8BrIOS/c13-8-1-3-9(4-2-8)16-10-5-6-12(15)11(14)7-10/h1-7,15H. The zero-order valence-electron chi connectivity index (χ0n) is 8.15. The maximum atomic E-state index is 9.42. The monoisotopic (exact) mass is 406 g/mol. The number of hydrogen-bond acceptors (Lipinski definition) is 2. The summed E-state index contributed by atoms with van der Waals surface area (Å²) in [6.07, 6.45) is 0. The van der Waals surface area contributed by atoms with Crippen molar-refractivity contribution in [1.82, 2.24) is 0 Å². The molecule has 4 heteroatoms. The van der Waals surface area contributed by atoms with Crippen LogP contribution in [0, 0.1) is 3.57 Å². The molecule has 2 aromatic carbocycles. The Bertz CT molecular complexity index is 499.